The topological polar surface area (TPSA) is 52.7 Å². The maximum atomic E-state index is 13.4. The van der Waals surface area contributed by atoms with Crippen LogP contribution >= 0.6 is 0 Å². The number of carbonyl (C=O) groups excluding carboxylic acids is 2. The van der Waals surface area contributed by atoms with Gasteiger partial charge in [-0.15, -0.1) is 0 Å². The van der Waals surface area contributed by atoms with Gasteiger partial charge in [-0.1, -0.05) is 18.2 Å². The summed E-state index contributed by atoms with van der Waals surface area (Å²) in [7, 11) is 0. The molecule has 1 unspecified atom stereocenters. The summed E-state index contributed by atoms with van der Waals surface area (Å²) in [6.45, 7) is 8.18. The Balaban J connectivity index is 1.50. The van der Waals surface area contributed by atoms with E-state index >= 15 is 0 Å². The molecule has 2 amide bonds. The summed E-state index contributed by atoms with van der Waals surface area (Å²) in [5.74, 6) is -0.248. The van der Waals surface area contributed by atoms with Crippen LogP contribution in [0.5, 0.6) is 0 Å². The quantitative estimate of drug-likeness (QED) is 0.750. The lowest BCUT2D eigenvalue weighted by Crippen LogP contribution is -2.45. The lowest BCUT2D eigenvalue weighted by Gasteiger charge is -2.27. The predicted molar refractivity (Wildman–Crippen MR) is 117 cm³/mol. The number of rotatable bonds is 6. The second-order valence-electron chi connectivity index (χ2n) is 8.11. The van der Waals surface area contributed by atoms with Gasteiger partial charge in [0, 0.05) is 36.2 Å². The largest absolute Gasteiger partial charge is 0.372 e. The van der Waals surface area contributed by atoms with Gasteiger partial charge in [-0.3, -0.25) is 9.59 Å². The van der Waals surface area contributed by atoms with Gasteiger partial charge in [-0.05, 0) is 75.9 Å². The molecule has 1 atom stereocenters. The molecule has 2 aromatic carbocycles. The Bertz CT molecular complexity index is 914. The molecule has 2 aromatic rings. The van der Waals surface area contributed by atoms with Crippen molar-refractivity contribution in [1.82, 2.24) is 0 Å². The lowest BCUT2D eigenvalue weighted by molar-refractivity contribution is -0.132. The lowest BCUT2D eigenvalue weighted by atomic mass is 10.0. The average Bonchev–Trinajstić information content (AvgIpc) is 3.47. The highest BCUT2D eigenvalue weighted by molar-refractivity contribution is 6.18. The van der Waals surface area contributed by atoms with Crippen LogP contribution in [0.2, 0.25) is 0 Å². The Kier molecular flexibility index (Phi) is 5.07. The molecule has 152 valence electrons. The molecule has 0 saturated heterocycles. The normalized spacial score (nSPS) is 18.9. The zero-order valence-corrected chi connectivity index (χ0v) is 17.4. The molecule has 1 N–H and O–H groups in total. The highest BCUT2D eigenvalue weighted by Crippen LogP contribution is 2.50. The highest BCUT2D eigenvalue weighted by Gasteiger charge is 2.59. The summed E-state index contributed by atoms with van der Waals surface area (Å²) in [5.41, 5.74) is 3.07. The van der Waals surface area contributed by atoms with Gasteiger partial charge in [-0.25, -0.2) is 0 Å². The molecule has 0 bridgehead atoms. The van der Waals surface area contributed by atoms with E-state index in [0.717, 1.165) is 36.6 Å². The minimum atomic E-state index is -0.927. The fraction of sp³-hybridized carbons (Fsp3) is 0.417. The Labute approximate surface area is 172 Å². The van der Waals surface area contributed by atoms with Gasteiger partial charge in [0.05, 0.1) is 0 Å². The summed E-state index contributed by atoms with van der Waals surface area (Å²) < 4.78 is 0. The molecule has 0 radical (unpaired) electrons. The summed E-state index contributed by atoms with van der Waals surface area (Å²) in [6.07, 6.45) is 2.06. The van der Waals surface area contributed by atoms with Crippen LogP contribution in [0.1, 0.15) is 39.2 Å². The van der Waals surface area contributed by atoms with Crippen molar-refractivity contribution in [2.45, 2.75) is 46.1 Å². The maximum absolute atomic E-state index is 13.4. The van der Waals surface area contributed by atoms with Gasteiger partial charge >= 0.3 is 0 Å². The first-order chi connectivity index (χ1) is 14.0. The van der Waals surface area contributed by atoms with Crippen LogP contribution in [-0.4, -0.2) is 30.9 Å². The first-order valence-corrected chi connectivity index (χ1v) is 10.6. The van der Waals surface area contributed by atoms with Gasteiger partial charge in [0.1, 0.15) is 5.41 Å². The maximum Gasteiger partial charge on any atom is 0.242 e. The number of amides is 2. The van der Waals surface area contributed by atoms with Crippen molar-refractivity contribution in [2.24, 2.45) is 5.41 Å². The highest BCUT2D eigenvalue weighted by atomic mass is 16.2. The van der Waals surface area contributed by atoms with Gasteiger partial charge < -0.3 is 15.1 Å². The van der Waals surface area contributed by atoms with Crippen molar-refractivity contribution < 1.29 is 9.59 Å². The molecule has 5 heteroatoms. The summed E-state index contributed by atoms with van der Waals surface area (Å²) in [5, 5.41) is 2.99. The molecular formula is C24H29N3O2. The number of nitrogens with one attached hydrogen (secondary N) is 1. The minimum absolute atomic E-state index is 0.0628. The van der Waals surface area contributed by atoms with Crippen LogP contribution in [0.3, 0.4) is 0 Å². The Hall–Kier alpha value is -2.82. The SMILES string of the molecule is CCN(CC)c1ccc(NC(=O)C2(C(=O)N3c4ccccc4CC3C)CC2)cc1. The number of fused-ring (bicyclic) bond motifs is 1. The van der Waals surface area contributed by atoms with Gasteiger partial charge in [0.2, 0.25) is 11.8 Å². The zero-order chi connectivity index (χ0) is 20.6. The van der Waals surface area contributed by atoms with E-state index in [9.17, 15) is 9.59 Å². The molecule has 1 fully saturated rings. The van der Waals surface area contributed by atoms with Crippen molar-refractivity contribution in [3.05, 3.63) is 54.1 Å². The van der Waals surface area contributed by atoms with Crippen LogP contribution in [-0.2, 0) is 16.0 Å². The molecule has 5 nitrogen and oxygen atoms in total. The van der Waals surface area contributed by atoms with E-state index in [1.54, 1.807) is 0 Å². The standard InChI is InChI=1S/C24H29N3O2/c1-4-26(5-2)20-12-10-19(11-13-20)25-22(28)24(14-15-24)23(29)27-17(3)16-18-8-6-7-9-21(18)27/h6-13,17H,4-5,14-16H2,1-3H3,(H,25,28). The van der Waals surface area contributed by atoms with Crippen LogP contribution in [0.15, 0.2) is 48.5 Å². The van der Waals surface area contributed by atoms with E-state index in [1.165, 1.54) is 5.56 Å². The molecule has 29 heavy (non-hydrogen) atoms. The van der Waals surface area contributed by atoms with Crippen molar-refractivity contribution >= 4 is 28.9 Å². The number of benzene rings is 2. The molecule has 1 aliphatic carbocycles. The first-order valence-electron chi connectivity index (χ1n) is 10.6. The molecule has 1 aliphatic heterocycles. The third-order valence-corrected chi connectivity index (χ3v) is 6.27. The first kappa shape index (κ1) is 19.5. The van der Waals surface area contributed by atoms with E-state index in [2.05, 4.69) is 37.1 Å². The average molecular weight is 392 g/mol. The van der Waals surface area contributed by atoms with Gasteiger partial charge in [-0.2, -0.15) is 0 Å². The van der Waals surface area contributed by atoms with Crippen molar-refractivity contribution in [3.63, 3.8) is 0 Å². The molecule has 0 aromatic heterocycles. The smallest absolute Gasteiger partial charge is 0.242 e. The number of hydrogen-bond acceptors (Lipinski definition) is 3. The summed E-state index contributed by atoms with van der Waals surface area (Å²) >= 11 is 0. The van der Waals surface area contributed by atoms with E-state index in [4.69, 9.17) is 0 Å². The monoisotopic (exact) mass is 391 g/mol. The number of para-hydroxylation sites is 1. The second kappa shape index (κ2) is 7.54. The summed E-state index contributed by atoms with van der Waals surface area (Å²) in [4.78, 5) is 30.6. The number of carbonyl (C=O) groups is 2. The van der Waals surface area contributed by atoms with Crippen molar-refractivity contribution in [1.29, 1.82) is 0 Å². The molecule has 0 spiro atoms. The molecule has 2 aliphatic rings. The predicted octanol–water partition coefficient (Wildman–Crippen LogP) is 4.23. The number of nitrogens with zero attached hydrogens (tertiary/aromatic N) is 2. The Morgan fingerprint density at radius 1 is 1.07 bits per heavy atom. The molecule has 1 saturated carbocycles. The van der Waals surface area contributed by atoms with Crippen LogP contribution < -0.4 is 15.1 Å². The summed E-state index contributed by atoms with van der Waals surface area (Å²) in [6, 6.07) is 16.0. The number of hydrogen-bond donors (Lipinski definition) is 1. The second-order valence-corrected chi connectivity index (χ2v) is 8.11. The van der Waals surface area contributed by atoms with Crippen molar-refractivity contribution in [2.75, 3.05) is 28.2 Å². The fourth-order valence-corrected chi connectivity index (χ4v) is 4.36. The Morgan fingerprint density at radius 3 is 2.34 bits per heavy atom. The van der Waals surface area contributed by atoms with Crippen LogP contribution in [0.4, 0.5) is 17.1 Å². The Morgan fingerprint density at radius 2 is 1.72 bits per heavy atom. The van der Waals surface area contributed by atoms with E-state index in [0.29, 0.717) is 12.8 Å². The van der Waals surface area contributed by atoms with Crippen LogP contribution in [0, 0.1) is 5.41 Å². The fourth-order valence-electron chi connectivity index (χ4n) is 4.36. The van der Waals surface area contributed by atoms with E-state index in [1.807, 2.05) is 47.4 Å². The van der Waals surface area contributed by atoms with Crippen molar-refractivity contribution in [3.8, 4) is 0 Å². The van der Waals surface area contributed by atoms with E-state index in [-0.39, 0.29) is 17.9 Å². The molecule has 4 rings (SSSR count). The van der Waals surface area contributed by atoms with E-state index < -0.39 is 5.41 Å². The molecule has 1 heterocycles. The van der Waals surface area contributed by atoms with Gasteiger partial charge in [0.25, 0.3) is 0 Å². The third-order valence-electron chi connectivity index (χ3n) is 6.27. The zero-order valence-electron chi connectivity index (χ0n) is 17.4. The minimum Gasteiger partial charge on any atom is -0.372 e. The van der Waals surface area contributed by atoms with Crippen LogP contribution in [0.25, 0.3) is 0 Å². The third kappa shape index (κ3) is 3.39. The molecular weight excluding hydrogens is 362 g/mol. The van der Waals surface area contributed by atoms with Gasteiger partial charge in [0.15, 0.2) is 0 Å². The number of anilines is 3.